The molecule has 0 bridgehead atoms. The average molecular weight is 267 g/mol. The van der Waals surface area contributed by atoms with Crippen LogP contribution in [0.1, 0.15) is 57.1 Å². The normalized spacial score (nSPS) is 11.6. The fourth-order valence-corrected chi connectivity index (χ4v) is 1.96. The van der Waals surface area contributed by atoms with E-state index in [4.69, 9.17) is 10.5 Å². The summed E-state index contributed by atoms with van der Waals surface area (Å²) in [6.07, 6.45) is 1.62. The molecule has 1 aromatic heterocycles. The van der Waals surface area contributed by atoms with Gasteiger partial charge in [0, 0.05) is 12.1 Å². The number of hydrogen-bond donors (Lipinski definition) is 1. The number of nitrogens with zero attached hydrogens (tertiary/aromatic N) is 2. The van der Waals surface area contributed by atoms with Gasteiger partial charge in [0.25, 0.3) is 0 Å². The molecule has 1 rings (SSSR count). The van der Waals surface area contributed by atoms with Crippen LogP contribution in [-0.4, -0.2) is 22.4 Å². The van der Waals surface area contributed by atoms with Crippen molar-refractivity contribution in [2.75, 3.05) is 12.3 Å². The van der Waals surface area contributed by atoms with Gasteiger partial charge in [-0.3, -0.25) is 0 Å². The molecule has 1 heterocycles. The maximum Gasteiger partial charge on any atom is 0.359 e. The molecular weight excluding hydrogens is 242 g/mol. The van der Waals surface area contributed by atoms with Crippen molar-refractivity contribution in [3.8, 4) is 0 Å². The van der Waals surface area contributed by atoms with Gasteiger partial charge < -0.3 is 10.5 Å². The van der Waals surface area contributed by atoms with Crippen LogP contribution in [0.3, 0.4) is 0 Å². The Hall–Kier alpha value is -1.52. The molecule has 0 aliphatic carbocycles. The number of carbonyl (C=O) groups is 1. The number of rotatable bonds is 5. The number of esters is 1. The van der Waals surface area contributed by atoms with Crippen molar-refractivity contribution < 1.29 is 9.53 Å². The van der Waals surface area contributed by atoms with Crippen molar-refractivity contribution in [1.82, 2.24) is 9.78 Å². The Morgan fingerprint density at radius 3 is 2.47 bits per heavy atom. The second-order valence-electron chi connectivity index (χ2n) is 5.89. The maximum atomic E-state index is 12.0. The van der Waals surface area contributed by atoms with Crippen LogP contribution >= 0.6 is 0 Å². The highest BCUT2D eigenvalue weighted by Crippen LogP contribution is 2.27. The molecule has 0 fully saturated rings. The summed E-state index contributed by atoms with van der Waals surface area (Å²) < 4.78 is 6.76. The molecule has 5 nitrogen and oxygen atoms in total. The fourth-order valence-electron chi connectivity index (χ4n) is 1.96. The molecule has 0 saturated heterocycles. The van der Waals surface area contributed by atoms with Crippen molar-refractivity contribution in [2.45, 2.75) is 54.0 Å². The van der Waals surface area contributed by atoms with Gasteiger partial charge in [0.05, 0.1) is 6.61 Å². The Morgan fingerprint density at radius 2 is 2.00 bits per heavy atom. The molecule has 0 unspecified atom stereocenters. The number of carbonyl (C=O) groups excluding carboxylic acids is 1. The minimum absolute atomic E-state index is 0.0371. The van der Waals surface area contributed by atoms with E-state index in [1.807, 2.05) is 0 Å². The van der Waals surface area contributed by atoms with E-state index in [-0.39, 0.29) is 11.4 Å². The molecule has 0 spiro atoms. The van der Waals surface area contributed by atoms with E-state index < -0.39 is 0 Å². The summed E-state index contributed by atoms with van der Waals surface area (Å²) in [4.78, 5) is 12.0. The third-order valence-corrected chi connectivity index (χ3v) is 2.71. The number of ether oxygens (including phenoxy) is 1. The molecule has 0 atom stereocenters. The van der Waals surface area contributed by atoms with Gasteiger partial charge in [0.1, 0.15) is 5.82 Å². The quantitative estimate of drug-likeness (QED) is 0.833. The lowest BCUT2D eigenvalue weighted by Gasteiger charge is -2.18. The summed E-state index contributed by atoms with van der Waals surface area (Å²) >= 11 is 0. The Kier molecular flexibility index (Phi) is 4.97. The Labute approximate surface area is 115 Å². The SMILES string of the molecule is CCCn1nc(C(=O)OCC)c(CC(C)(C)C)c1N. The lowest BCUT2D eigenvalue weighted by atomic mass is 9.88. The molecule has 0 aliphatic heterocycles. The van der Waals surface area contributed by atoms with Crippen LogP contribution < -0.4 is 5.73 Å². The van der Waals surface area contributed by atoms with Crippen LogP contribution in [0.25, 0.3) is 0 Å². The van der Waals surface area contributed by atoms with E-state index in [2.05, 4.69) is 32.8 Å². The highest BCUT2D eigenvalue weighted by atomic mass is 16.5. The summed E-state index contributed by atoms with van der Waals surface area (Å²) in [5, 5.41) is 4.32. The summed E-state index contributed by atoms with van der Waals surface area (Å²) in [5.41, 5.74) is 7.33. The van der Waals surface area contributed by atoms with E-state index in [9.17, 15) is 4.79 Å². The monoisotopic (exact) mass is 267 g/mol. The number of aromatic nitrogens is 2. The summed E-state index contributed by atoms with van der Waals surface area (Å²) in [7, 11) is 0. The number of hydrogen-bond acceptors (Lipinski definition) is 4. The van der Waals surface area contributed by atoms with Crippen molar-refractivity contribution in [2.24, 2.45) is 5.41 Å². The predicted molar refractivity (Wildman–Crippen MR) is 76.0 cm³/mol. The van der Waals surface area contributed by atoms with Crippen molar-refractivity contribution in [3.63, 3.8) is 0 Å². The first kappa shape index (κ1) is 15.5. The lowest BCUT2D eigenvalue weighted by Crippen LogP contribution is -2.15. The van der Waals surface area contributed by atoms with Crippen LogP contribution in [-0.2, 0) is 17.7 Å². The molecule has 0 aliphatic rings. The first-order valence-corrected chi connectivity index (χ1v) is 6.82. The molecule has 19 heavy (non-hydrogen) atoms. The van der Waals surface area contributed by atoms with Crippen LogP contribution in [0.15, 0.2) is 0 Å². The molecule has 0 saturated carbocycles. The second-order valence-corrected chi connectivity index (χ2v) is 5.89. The van der Waals surface area contributed by atoms with Gasteiger partial charge in [-0.2, -0.15) is 5.10 Å². The molecule has 108 valence electrons. The highest BCUT2D eigenvalue weighted by Gasteiger charge is 2.25. The molecule has 5 heteroatoms. The Morgan fingerprint density at radius 1 is 1.37 bits per heavy atom. The van der Waals surface area contributed by atoms with E-state index in [0.29, 0.717) is 31.1 Å². The van der Waals surface area contributed by atoms with Gasteiger partial charge in [0.2, 0.25) is 0 Å². The van der Waals surface area contributed by atoms with Gasteiger partial charge >= 0.3 is 5.97 Å². The van der Waals surface area contributed by atoms with Gasteiger partial charge in [-0.25, -0.2) is 9.48 Å². The summed E-state index contributed by atoms with van der Waals surface area (Å²) in [6, 6.07) is 0. The minimum Gasteiger partial charge on any atom is -0.461 e. The van der Waals surface area contributed by atoms with Gasteiger partial charge in [0.15, 0.2) is 5.69 Å². The topological polar surface area (TPSA) is 70.1 Å². The van der Waals surface area contributed by atoms with Crippen molar-refractivity contribution >= 4 is 11.8 Å². The Bertz CT molecular complexity index is 444. The smallest absolute Gasteiger partial charge is 0.359 e. The van der Waals surface area contributed by atoms with Crippen LogP contribution in [0.5, 0.6) is 0 Å². The molecule has 0 aromatic carbocycles. The average Bonchev–Trinajstić information content (AvgIpc) is 2.57. The van der Waals surface area contributed by atoms with Crippen molar-refractivity contribution in [3.05, 3.63) is 11.3 Å². The largest absolute Gasteiger partial charge is 0.461 e. The van der Waals surface area contributed by atoms with Crippen LogP contribution in [0.2, 0.25) is 0 Å². The number of nitrogen functional groups attached to an aromatic ring is 1. The fraction of sp³-hybridized carbons (Fsp3) is 0.714. The van der Waals surface area contributed by atoms with E-state index in [0.717, 1.165) is 12.0 Å². The number of aryl methyl sites for hydroxylation is 1. The minimum atomic E-state index is -0.386. The first-order valence-electron chi connectivity index (χ1n) is 6.82. The first-order chi connectivity index (χ1) is 8.80. The molecule has 2 N–H and O–H groups in total. The summed E-state index contributed by atoms with van der Waals surface area (Å²) in [5.74, 6) is 0.197. The van der Waals surface area contributed by atoms with Crippen LogP contribution in [0, 0.1) is 5.41 Å². The lowest BCUT2D eigenvalue weighted by molar-refractivity contribution is 0.0516. The molecular formula is C14H25N3O2. The number of nitrogens with two attached hydrogens (primary N) is 1. The molecule has 0 amide bonds. The van der Waals surface area contributed by atoms with Gasteiger partial charge in [-0.15, -0.1) is 0 Å². The van der Waals surface area contributed by atoms with Crippen LogP contribution in [0.4, 0.5) is 5.82 Å². The zero-order valence-electron chi connectivity index (χ0n) is 12.6. The molecule has 1 aromatic rings. The van der Waals surface area contributed by atoms with E-state index >= 15 is 0 Å². The zero-order chi connectivity index (χ0) is 14.6. The van der Waals surface area contributed by atoms with E-state index in [1.165, 1.54) is 0 Å². The predicted octanol–water partition coefficient (Wildman–Crippen LogP) is 2.64. The maximum absolute atomic E-state index is 12.0. The second kappa shape index (κ2) is 6.08. The van der Waals surface area contributed by atoms with Gasteiger partial charge in [-0.1, -0.05) is 27.7 Å². The standard InChI is InChI=1S/C14H25N3O2/c1-6-8-17-12(15)10(9-14(3,4)5)11(16-17)13(18)19-7-2/h6-9,15H2,1-5H3. The number of anilines is 1. The molecule has 0 radical (unpaired) electrons. The Balaban J connectivity index is 3.19. The van der Waals surface area contributed by atoms with E-state index in [1.54, 1.807) is 11.6 Å². The highest BCUT2D eigenvalue weighted by molar-refractivity contribution is 5.90. The zero-order valence-corrected chi connectivity index (χ0v) is 12.6. The van der Waals surface area contributed by atoms with Gasteiger partial charge in [-0.05, 0) is 25.2 Å². The third-order valence-electron chi connectivity index (χ3n) is 2.71. The van der Waals surface area contributed by atoms with Crippen molar-refractivity contribution in [1.29, 1.82) is 0 Å². The third kappa shape index (κ3) is 3.98. The summed E-state index contributed by atoms with van der Waals surface area (Å²) in [6.45, 7) is 11.2.